The largest absolute Gasteiger partial charge is 0.508 e. The van der Waals surface area contributed by atoms with Crippen LogP contribution in [0.25, 0.3) is 0 Å². The van der Waals surface area contributed by atoms with E-state index in [0.717, 1.165) is 32.0 Å². The first-order valence-electron chi connectivity index (χ1n) is 7.52. The maximum atomic E-state index is 13.8. The summed E-state index contributed by atoms with van der Waals surface area (Å²) in [5.41, 5.74) is 0.450. The minimum Gasteiger partial charge on any atom is -0.508 e. The molecule has 1 aromatic rings. The number of hydrogen-bond donors (Lipinski definition) is 2. The Morgan fingerprint density at radius 3 is 2.57 bits per heavy atom. The van der Waals surface area contributed by atoms with E-state index in [4.69, 9.17) is 0 Å². The topological polar surface area (TPSA) is 52.6 Å². The van der Waals surface area contributed by atoms with Crippen LogP contribution in [0.2, 0.25) is 0 Å². The van der Waals surface area contributed by atoms with Gasteiger partial charge in [0.25, 0.3) is 0 Å². The van der Waals surface area contributed by atoms with Crippen molar-refractivity contribution in [2.75, 3.05) is 13.1 Å². The Morgan fingerprint density at radius 2 is 1.95 bits per heavy atom. The highest BCUT2D eigenvalue weighted by Crippen LogP contribution is 2.21. The molecule has 4 nitrogen and oxygen atoms in total. The Kier molecular flexibility index (Phi) is 5.17. The minimum absolute atomic E-state index is 0.0701. The molecule has 1 saturated heterocycles. The number of phenolic OH excluding ortho intramolecular Hbond substituents is 1. The average molecular weight is 294 g/mol. The number of carbonyl (C=O) groups is 1. The van der Waals surface area contributed by atoms with Gasteiger partial charge in [0, 0.05) is 30.8 Å². The molecule has 1 fully saturated rings. The standard InChI is InChI=1S/C16H23FN2O2/c1-11(14-7-6-13(20)10-15(14)17)18-12(2)16(21)19-8-4-3-5-9-19/h6-7,10-12,18,20H,3-5,8-9H2,1-2H3. The summed E-state index contributed by atoms with van der Waals surface area (Å²) >= 11 is 0. The second-order valence-electron chi connectivity index (χ2n) is 5.70. The maximum Gasteiger partial charge on any atom is 0.239 e. The van der Waals surface area contributed by atoms with Crippen LogP contribution in [0.3, 0.4) is 0 Å². The normalized spacial score (nSPS) is 18.3. The van der Waals surface area contributed by atoms with Gasteiger partial charge >= 0.3 is 0 Å². The molecule has 2 N–H and O–H groups in total. The lowest BCUT2D eigenvalue weighted by molar-refractivity contribution is -0.134. The third kappa shape index (κ3) is 3.94. The van der Waals surface area contributed by atoms with Gasteiger partial charge in [-0.15, -0.1) is 0 Å². The van der Waals surface area contributed by atoms with Crippen molar-refractivity contribution in [1.29, 1.82) is 0 Å². The van der Waals surface area contributed by atoms with Crippen molar-refractivity contribution >= 4 is 5.91 Å². The summed E-state index contributed by atoms with van der Waals surface area (Å²) in [7, 11) is 0. The van der Waals surface area contributed by atoms with Crippen LogP contribution in [0.1, 0.15) is 44.7 Å². The van der Waals surface area contributed by atoms with E-state index in [1.54, 1.807) is 6.07 Å². The van der Waals surface area contributed by atoms with Gasteiger partial charge in [-0.3, -0.25) is 10.1 Å². The molecule has 1 aliphatic heterocycles. The molecule has 0 spiro atoms. The molecule has 116 valence electrons. The number of aromatic hydroxyl groups is 1. The van der Waals surface area contributed by atoms with Crippen LogP contribution in [-0.2, 0) is 4.79 Å². The predicted molar refractivity (Wildman–Crippen MR) is 79.5 cm³/mol. The zero-order valence-corrected chi connectivity index (χ0v) is 12.6. The Bertz CT molecular complexity index is 501. The summed E-state index contributed by atoms with van der Waals surface area (Å²) in [6, 6.07) is 3.43. The van der Waals surface area contributed by atoms with Crippen molar-refractivity contribution in [3.8, 4) is 5.75 Å². The number of benzene rings is 1. The van der Waals surface area contributed by atoms with Crippen LogP contribution < -0.4 is 5.32 Å². The van der Waals surface area contributed by atoms with Gasteiger partial charge < -0.3 is 10.0 Å². The second-order valence-corrected chi connectivity index (χ2v) is 5.70. The molecule has 0 radical (unpaired) electrons. The Hall–Kier alpha value is -1.62. The van der Waals surface area contributed by atoms with Gasteiger partial charge in [0.15, 0.2) is 0 Å². The number of nitrogens with zero attached hydrogens (tertiary/aromatic N) is 1. The summed E-state index contributed by atoms with van der Waals surface area (Å²) in [4.78, 5) is 14.2. The van der Waals surface area contributed by atoms with Crippen LogP contribution >= 0.6 is 0 Å². The number of carbonyl (C=O) groups excluding carboxylic acids is 1. The van der Waals surface area contributed by atoms with Crippen molar-refractivity contribution in [2.45, 2.75) is 45.2 Å². The zero-order valence-electron chi connectivity index (χ0n) is 12.6. The van der Waals surface area contributed by atoms with E-state index in [2.05, 4.69) is 5.32 Å². The van der Waals surface area contributed by atoms with E-state index in [-0.39, 0.29) is 23.7 Å². The van der Waals surface area contributed by atoms with Gasteiger partial charge in [-0.1, -0.05) is 6.07 Å². The molecule has 0 saturated carbocycles. The fourth-order valence-electron chi connectivity index (χ4n) is 2.79. The molecule has 0 aliphatic carbocycles. The maximum absolute atomic E-state index is 13.8. The molecule has 1 heterocycles. The van der Waals surface area contributed by atoms with Crippen molar-refractivity contribution in [3.63, 3.8) is 0 Å². The molecular formula is C16H23FN2O2. The lowest BCUT2D eigenvalue weighted by atomic mass is 10.1. The molecule has 1 aromatic carbocycles. The number of amides is 1. The Balaban J connectivity index is 1.97. The number of likely N-dealkylation sites (tertiary alicyclic amines) is 1. The summed E-state index contributed by atoms with van der Waals surface area (Å²) in [5.74, 6) is -0.491. The Morgan fingerprint density at radius 1 is 1.29 bits per heavy atom. The van der Waals surface area contributed by atoms with Crippen molar-refractivity contribution in [2.24, 2.45) is 0 Å². The number of rotatable bonds is 4. The van der Waals surface area contributed by atoms with E-state index < -0.39 is 5.82 Å². The monoisotopic (exact) mass is 294 g/mol. The van der Waals surface area contributed by atoms with Crippen LogP contribution in [0, 0.1) is 5.82 Å². The van der Waals surface area contributed by atoms with Crippen LogP contribution in [-0.4, -0.2) is 35.0 Å². The molecule has 21 heavy (non-hydrogen) atoms. The van der Waals surface area contributed by atoms with Gasteiger partial charge in [0.1, 0.15) is 11.6 Å². The van der Waals surface area contributed by atoms with Crippen LogP contribution in [0.15, 0.2) is 18.2 Å². The van der Waals surface area contributed by atoms with E-state index >= 15 is 0 Å². The third-order valence-electron chi connectivity index (χ3n) is 3.99. The molecular weight excluding hydrogens is 271 g/mol. The highest BCUT2D eigenvalue weighted by Gasteiger charge is 2.24. The van der Waals surface area contributed by atoms with Crippen LogP contribution in [0.5, 0.6) is 5.75 Å². The summed E-state index contributed by atoms with van der Waals surface area (Å²) in [6.45, 7) is 5.25. The molecule has 2 atom stereocenters. The number of halogens is 1. The number of nitrogens with one attached hydrogen (secondary N) is 1. The van der Waals surface area contributed by atoms with Gasteiger partial charge in [-0.25, -0.2) is 4.39 Å². The first kappa shape index (κ1) is 15.8. The summed E-state index contributed by atoms with van der Waals surface area (Å²) < 4.78 is 13.8. The van der Waals surface area contributed by atoms with E-state index in [1.165, 1.54) is 12.5 Å². The van der Waals surface area contributed by atoms with Gasteiger partial charge in [0.05, 0.1) is 6.04 Å². The quantitative estimate of drug-likeness (QED) is 0.897. The average Bonchev–Trinajstić information content (AvgIpc) is 2.47. The zero-order chi connectivity index (χ0) is 15.4. The van der Waals surface area contributed by atoms with E-state index in [1.807, 2.05) is 18.7 Å². The first-order chi connectivity index (χ1) is 9.99. The third-order valence-corrected chi connectivity index (χ3v) is 3.99. The molecule has 0 aromatic heterocycles. The molecule has 0 bridgehead atoms. The SMILES string of the molecule is CC(NC(C)c1ccc(O)cc1F)C(=O)N1CCCCC1. The molecule has 1 amide bonds. The van der Waals surface area contributed by atoms with E-state index in [9.17, 15) is 14.3 Å². The molecule has 1 aliphatic rings. The predicted octanol–water partition coefficient (Wildman–Crippen LogP) is 2.58. The summed E-state index contributed by atoms with van der Waals surface area (Å²) in [6.07, 6.45) is 3.29. The number of hydrogen-bond acceptors (Lipinski definition) is 3. The highest BCUT2D eigenvalue weighted by molar-refractivity contribution is 5.81. The first-order valence-corrected chi connectivity index (χ1v) is 7.52. The molecule has 2 rings (SSSR count). The van der Waals surface area contributed by atoms with Crippen molar-refractivity contribution in [3.05, 3.63) is 29.6 Å². The van der Waals surface area contributed by atoms with Gasteiger partial charge in [-0.2, -0.15) is 0 Å². The fourth-order valence-corrected chi connectivity index (χ4v) is 2.79. The number of piperidine rings is 1. The smallest absolute Gasteiger partial charge is 0.239 e. The lowest BCUT2D eigenvalue weighted by Gasteiger charge is -2.30. The van der Waals surface area contributed by atoms with Crippen LogP contribution in [0.4, 0.5) is 4.39 Å². The second kappa shape index (κ2) is 6.89. The minimum atomic E-state index is -0.465. The van der Waals surface area contributed by atoms with Crippen molar-refractivity contribution < 1.29 is 14.3 Å². The number of phenols is 1. The van der Waals surface area contributed by atoms with Crippen molar-refractivity contribution in [1.82, 2.24) is 10.2 Å². The van der Waals surface area contributed by atoms with Gasteiger partial charge in [-0.05, 0) is 39.2 Å². The van der Waals surface area contributed by atoms with E-state index in [0.29, 0.717) is 5.56 Å². The lowest BCUT2D eigenvalue weighted by Crippen LogP contribution is -2.47. The Labute approximate surface area is 125 Å². The summed E-state index contributed by atoms with van der Waals surface area (Å²) in [5, 5.41) is 12.4. The molecule has 5 heteroatoms. The van der Waals surface area contributed by atoms with Gasteiger partial charge in [0.2, 0.25) is 5.91 Å². The molecule has 2 unspecified atom stereocenters. The fraction of sp³-hybridized carbons (Fsp3) is 0.562. The highest BCUT2D eigenvalue weighted by atomic mass is 19.1.